The Bertz CT molecular complexity index is 553. The molecule has 6 heteroatoms. The smallest absolute Gasteiger partial charge is 0.341 e. The van der Waals surface area contributed by atoms with Crippen molar-refractivity contribution >= 4 is 39.8 Å². The van der Waals surface area contributed by atoms with Crippen molar-refractivity contribution in [1.82, 2.24) is 0 Å². The van der Waals surface area contributed by atoms with E-state index in [-0.39, 0.29) is 23.9 Å². The topological polar surface area (TPSA) is 55.4 Å². The highest BCUT2D eigenvalue weighted by atomic mass is 35.5. The molecule has 0 radical (unpaired) electrons. The number of rotatable bonds is 4. The first-order chi connectivity index (χ1) is 9.92. The number of thiophene rings is 1. The van der Waals surface area contributed by atoms with Gasteiger partial charge in [0, 0.05) is 4.88 Å². The first kappa shape index (κ1) is 16.3. The van der Waals surface area contributed by atoms with E-state index < -0.39 is 0 Å². The van der Waals surface area contributed by atoms with Crippen LogP contribution < -0.4 is 5.32 Å². The molecule has 1 aliphatic rings. The molecule has 2 rings (SSSR count). The van der Waals surface area contributed by atoms with Gasteiger partial charge in [0.05, 0.1) is 11.7 Å². The summed E-state index contributed by atoms with van der Waals surface area (Å²) in [6.45, 7) is 5.83. The molecule has 0 unspecified atom stereocenters. The normalized spacial score (nSPS) is 17.5. The monoisotopic (exact) mass is 329 g/mol. The highest BCUT2D eigenvalue weighted by molar-refractivity contribution is 7.17. The number of carbonyl (C=O) groups excluding carboxylic acids is 2. The number of fused-ring (bicyclic) bond motifs is 1. The molecule has 4 nitrogen and oxygen atoms in total. The Morgan fingerprint density at radius 2 is 2.19 bits per heavy atom. The predicted octanol–water partition coefficient (Wildman–Crippen LogP) is 3.62. The summed E-state index contributed by atoms with van der Waals surface area (Å²) in [6, 6.07) is 0. The summed E-state index contributed by atoms with van der Waals surface area (Å²) in [5, 5.41) is 3.31. The van der Waals surface area contributed by atoms with Crippen molar-refractivity contribution in [3.8, 4) is 0 Å². The van der Waals surface area contributed by atoms with E-state index in [1.165, 1.54) is 16.2 Å². The number of anilines is 1. The molecule has 1 aromatic rings. The maximum absolute atomic E-state index is 12.4. The lowest BCUT2D eigenvalue weighted by molar-refractivity contribution is -0.113. The van der Waals surface area contributed by atoms with Gasteiger partial charge >= 0.3 is 5.97 Å². The number of alkyl halides is 1. The number of esters is 1. The van der Waals surface area contributed by atoms with Gasteiger partial charge in [0.2, 0.25) is 5.91 Å². The fraction of sp³-hybridized carbons (Fsp3) is 0.600. The van der Waals surface area contributed by atoms with Crippen LogP contribution in [0.3, 0.4) is 0 Å². The van der Waals surface area contributed by atoms with Crippen LogP contribution in [0.2, 0.25) is 0 Å². The molecule has 0 bridgehead atoms. The van der Waals surface area contributed by atoms with Crippen molar-refractivity contribution in [2.45, 2.75) is 46.1 Å². The third-order valence-electron chi connectivity index (χ3n) is 3.43. The van der Waals surface area contributed by atoms with Gasteiger partial charge in [-0.3, -0.25) is 4.79 Å². The zero-order chi connectivity index (χ0) is 15.6. The summed E-state index contributed by atoms with van der Waals surface area (Å²) >= 11 is 7.02. The van der Waals surface area contributed by atoms with Crippen LogP contribution in [0.5, 0.6) is 0 Å². The minimum Gasteiger partial charge on any atom is -0.459 e. The van der Waals surface area contributed by atoms with Crippen LogP contribution >= 0.6 is 22.9 Å². The van der Waals surface area contributed by atoms with Crippen molar-refractivity contribution in [2.24, 2.45) is 5.92 Å². The summed E-state index contributed by atoms with van der Waals surface area (Å²) in [4.78, 5) is 25.1. The molecule has 1 heterocycles. The number of hydrogen-bond donors (Lipinski definition) is 1. The molecule has 0 aromatic carbocycles. The number of carbonyl (C=O) groups is 2. The Balaban J connectivity index is 2.38. The highest BCUT2D eigenvalue weighted by Crippen LogP contribution is 2.40. The van der Waals surface area contributed by atoms with E-state index in [2.05, 4.69) is 12.2 Å². The van der Waals surface area contributed by atoms with E-state index in [9.17, 15) is 9.59 Å². The van der Waals surface area contributed by atoms with Crippen molar-refractivity contribution < 1.29 is 14.3 Å². The van der Waals surface area contributed by atoms with E-state index in [1.54, 1.807) is 0 Å². The molecule has 1 aromatic heterocycles. The van der Waals surface area contributed by atoms with Gasteiger partial charge in [-0.1, -0.05) is 6.92 Å². The molecule has 1 atom stereocenters. The Kier molecular flexibility index (Phi) is 5.27. The second kappa shape index (κ2) is 6.79. The summed E-state index contributed by atoms with van der Waals surface area (Å²) < 4.78 is 5.33. The largest absolute Gasteiger partial charge is 0.459 e. The molecule has 0 saturated carbocycles. The molecular weight excluding hydrogens is 310 g/mol. The summed E-state index contributed by atoms with van der Waals surface area (Å²) in [5.74, 6) is -0.192. The third kappa shape index (κ3) is 3.77. The van der Waals surface area contributed by atoms with Crippen LogP contribution in [0, 0.1) is 5.92 Å². The Morgan fingerprint density at radius 3 is 2.81 bits per heavy atom. The second-order valence-electron chi connectivity index (χ2n) is 5.69. The number of hydrogen-bond acceptors (Lipinski definition) is 4. The standard InChI is InChI=1S/C15H20ClNO3S/c1-8(2)20-15(19)13-10-5-4-9(3)6-11(10)21-14(13)17-12(18)7-16/h8-9H,4-7H2,1-3H3,(H,17,18)/t9-/m1/s1. The fourth-order valence-corrected chi connectivity index (χ4v) is 3.97. The van der Waals surface area contributed by atoms with Gasteiger partial charge in [-0.2, -0.15) is 0 Å². The van der Waals surface area contributed by atoms with Crippen LogP contribution in [0.4, 0.5) is 5.00 Å². The van der Waals surface area contributed by atoms with Crippen LogP contribution in [0.1, 0.15) is 48.0 Å². The molecule has 0 saturated heterocycles. The van der Waals surface area contributed by atoms with Gasteiger partial charge in [0.25, 0.3) is 0 Å². The molecule has 1 amide bonds. The van der Waals surface area contributed by atoms with E-state index >= 15 is 0 Å². The average Bonchev–Trinajstić information content (AvgIpc) is 2.74. The zero-order valence-electron chi connectivity index (χ0n) is 12.5. The molecule has 116 valence electrons. The van der Waals surface area contributed by atoms with Crippen molar-refractivity contribution in [3.05, 3.63) is 16.0 Å². The van der Waals surface area contributed by atoms with Crippen LogP contribution in [-0.2, 0) is 22.4 Å². The molecule has 0 aliphatic heterocycles. The summed E-state index contributed by atoms with van der Waals surface area (Å²) in [6.07, 6.45) is 2.66. The molecule has 21 heavy (non-hydrogen) atoms. The van der Waals surface area contributed by atoms with Gasteiger partial charge < -0.3 is 10.1 Å². The molecular formula is C15H20ClNO3S. The fourth-order valence-electron chi connectivity index (χ4n) is 2.49. The molecule has 1 aliphatic carbocycles. The first-order valence-electron chi connectivity index (χ1n) is 7.13. The van der Waals surface area contributed by atoms with Gasteiger partial charge in [-0.25, -0.2) is 4.79 Å². The van der Waals surface area contributed by atoms with Crippen molar-refractivity contribution in [3.63, 3.8) is 0 Å². The zero-order valence-corrected chi connectivity index (χ0v) is 14.1. The molecule has 0 spiro atoms. The van der Waals surface area contributed by atoms with E-state index in [4.69, 9.17) is 16.3 Å². The van der Waals surface area contributed by atoms with Crippen molar-refractivity contribution in [2.75, 3.05) is 11.2 Å². The van der Waals surface area contributed by atoms with Gasteiger partial charge in [-0.05, 0) is 44.6 Å². The Labute approximate surface area is 133 Å². The molecule has 0 fully saturated rings. The SMILES string of the molecule is CC(C)OC(=O)c1c(NC(=O)CCl)sc2c1CC[C@@H](C)C2. The van der Waals surface area contributed by atoms with Crippen molar-refractivity contribution in [1.29, 1.82) is 0 Å². The molecule has 1 N–H and O–H groups in total. The average molecular weight is 330 g/mol. The summed E-state index contributed by atoms with van der Waals surface area (Å²) in [5.41, 5.74) is 1.56. The number of halogens is 1. The third-order valence-corrected chi connectivity index (χ3v) is 4.85. The first-order valence-corrected chi connectivity index (χ1v) is 8.48. The van der Waals surface area contributed by atoms with Crippen LogP contribution in [0.25, 0.3) is 0 Å². The van der Waals surface area contributed by atoms with Gasteiger partial charge in [0.1, 0.15) is 10.9 Å². The quantitative estimate of drug-likeness (QED) is 0.678. The van der Waals surface area contributed by atoms with E-state index in [0.717, 1.165) is 24.8 Å². The summed E-state index contributed by atoms with van der Waals surface area (Å²) in [7, 11) is 0. The van der Waals surface area contributed by atoms with E-state index in [1.807, 2.05) is 13.8 Å². The number of amides is 1. The number of nitrogens with one attached hydrogen (secondary N) is 1. The lowest BCUT2D eigenvalue weighted by Crippen LogP contribution is -2.19. The Morgan fingerprint density at radius 1 is 1.48 bits per heavy atom. The Hall–Kier alpha value is -1.07. The van der Waals surface area contributed by atoms with E-state index in [0.29, 0.717) is 16.5 Å². The minimum absolute atomic E-state index is 0.127. The van der Waals surface area contributed by atoms with Crippen LogP contribution in [-0.4, -0.2) is 23.9 Å². The lowest BCUT2D eigenvalue weighted by Gasteiger charge is -2.18. The minimum atomic E-state index is -0.359. The second-order valence-corrected chi connectivity index (χ2v) is 7.06. The van der Waals surface area contributed by atoms with Gasteiger partial charge in [-0.15, -0.1) is 22.9 Å². The number of ether oxygens (including phenoxy) is 1. The van der Waals surface area contributed by atoms with Crippen LogP contribution in [0.15, 0.2) is 0 Å². The van der Waals surface area contributed by atoms with Gasteiger partial charge in [0.15, 0.2) is 0 Å². The maximum Gasteiger partial charge on any atom is 0.341 e. The maximum atomic E-state index is 12.4. The lowest BCUT2D eigenvalue weighted by atomic mass is 9.88. The predicted molar refractivity (Wildman–Crippen MR) is 85.4 cm³/mol. The highest BCUT2D eigenvalue weighted by Gasteiger charge is 2.29.